The summed E-state index contributed by atoms with van der Waals surface area (Å²) in [7, 11) is 0. The van der Waals surface area contributed by atoms with Crippen molar-refractivity contribution in [2.45, 2.75) is 19.3 Å². The molecule has 3 N–H and O–H groups in total. The molecular formula is C16H17N3. The Morgan fingerprint density at radius 3 is 2.53 bits per heavy atom. The molecule has 0 bridgehead atoms. The Kier molecular flexibility index (Phi) is 2.56. The van der Waals surface area contributed by atoms with E-state index in [1.807, 2.05) is 18.2 Å². The molecule has 96 valence electrons. The first-order valence-electron chi connectivity index (χ1n) is 6.37. The van der Waals surface area contributed by atoms with Gasteiger partial charge in [-0.05, 0) is 35.9 Å². The number of aromatic amines is 1. The summed E-state index contributed by atoms with van der Waals surface area (Å²) in [5.74, 6) is 0. The zero-order valence-electron chi connectivity index (χ0n) is 11.1. The monoisotopic (exact) mass is 251 g/mol. The molecule has 0 aliphatic carbocycles. The quantitative estimate of drug-likeness (QED) is 0.685. The van der Waals surface area contributed by atoms with Gasteiger partial charge in [-0.25, -0.2) is 4.98 Å². The molecule has 0 aliphatic heterocycles. The van der Waals surface area contributed by atoms with Crippen LogP contribution in [-0.2, 0) is 5.41 Å². The highest BCUT2D eigenvalue weighted by Crippen LogP contribution is 2.32. The molecule has 3 nitrogen and oxygen atoms in total. The number of fused-ring (bicyclic) bond motifs is 1. The molecule has 3 rings (SSSR count). The van der Waals surface area contributed by atoms with Crippen molar-refractivity contribution < 1.29 is 0 Å². The van der Waals surface area contributed by atoms with E-state index in [-0.39, 0.29) is 5.41 Å². The van der Waals surface area contributed by atoms with Gasteiger partial charge in [-0.2, -0.15) is 0 Å². The topological polar surface area (TPSA) is 54.7 Å². The summed E-state index contributed by atoms with van der Waals surface area (Å²) in [5.41, 5.74) is 9.76. The Balaban J connectivity index is 2.10. The molecule has 3 aromatic rings. The molecule has 2 heterocycles. The van der Waals surface area contributed by atoms with Gasteiger partial charge in [0.2, 0.25) is 0 Å². The van der Waals surface area contributed by atoms with Crippen LogP contribution in [-0.4, -0.2) is 9.97 Å². The van der Waals surface area contributed by atoms with Crippen molar-refractivity contribution in [3.8, 4) is 0 Å². The summed E-state index contributed by atoms with van der Waals surface area (Å²) in [4.78, 5) is 7.75. The Labute approximate surface area is 112 Å². The van der Waals surface area contributed by atoms with Crippen molar-refractivity contribution in [3.05, 3.63) is 59.9 Å². The predicted octanol–water partition coefficient (Wildman–Crippen LogP) is 3.47. The van der Waals surface area contributed by atoms with Crippen LogP contribution in [0.1, 0.15) is 25.1 Å². The standard InChI is InChI=1S/C16H17N3/c1-16(2,12-5-7-13(17)8-6-12)14-10-11-4-3-9-18-15(11)19-14/h3-10H,17H2,1-2H3,(H,18,19). The number of nitrogens with two attached hydrogens (primary N) is 1. The minimum absolute atomic E-state index is 0.103. The molecule has 19 heavy (non-hydrogen) atoms. The number of nitrogen functional groups attached to an aromatic ring is 1. The van der Waals surface area contributed by atoms with Crippen molar-refractivity contribution in [2.75, 3.05) is 5.73 Å². The van der Waals surface area contributed by atoms with Gasteiger partial charge in [0.05, 0.1) is 0 Å². The second-order valence-electron chi connectivity index (χ2n) is 5.37. The van der Waals surface area contributed by atoms with Crippen molar-refractivity contribution >= 4 is 16.7 Å². The molecule has 0 saturated heterocycles. The number of nitrogens with one attached hydrogen (secondary N) is 1. The molecule has 3 heteroatoms. The number of aromatic nitrogens is 2. The molecule has 0 spiro atoms. The summed E-state index contributed by atoms with van der Waals surface area (Å²) in [5, 5.41) is 1.14. The van der Waals surface area contributed by atoms with Crippen LogP contribution in [0.3, 0.4) is 0 Å². The van der Waals surface area contributed by atoms with E-state index < -0.39 is 0 Å². The van der Waals surface area contributed by atoms with Crippen LogP contribution in [0.15, 0.2) is 48.7 Å². The van der Waals surface area contributed by atoms with Gasteiger partial charge in [0.15, 0.2) is 0 Å². The lowest BCUT2D eigenvalue weighted by Gasteiger charge is -2.24. The number of benzene rings is 1. The molecule has 0 aliphatic rings. The number of hydrogen-bond donors (Lipinski definition) is 2. The van der Waals surface area contributed by atoms with E-state index in [0.717, 1.165) is 22.4 Å². The number of rotatable bonds is 2. The first-order chi connectivity index (χ1) is 9.07. The summed E-state index contributed by atoms with van der Waals surface area (Å²) in [6, 6.07) is 14.2. The lowest BCUT2D eigenvalue weighted by molar-refractivity contribution is 0.623. The molecule has 0 fully saturated rings. The fraction of sp³-hybridized carbons (Fsp3) is 0.188. The number of pyridine rings is 1. The summed E-state index contributed by atoms with van der Waals surface area (Å²) >= 11 is 0. The Hall–Kier alpha value is -2.29. The molecular weight excluding hydrogens is 234 g/mol. The smallest absolute Gasteiger partial charge is 0.137 e. The second kappa shape index (κ2) is 4.12. The van der Waals surface area contributed by atoms with Crippen LogP contribution < -0.4 is 5.73 Å². The number of hydrogen-bond acceptors (Lipinski definition) is 2. The third kappa shape index (κ3) is 1.97. The third-order valence-electron chi connectivity index (χ3n) is 3.70. The maximum Gasteiger partial charge on any atom is 0.137 e. The first kappa shape index (κ1) is 11.8. The average molecular weight is 251 g/mol. The Morgan fingerprint density at radius 2 is 1.84 bits per heavy atom. The van der Waals surface area contributed by atoms with Gasteiger partial charge in [-0.3, -0.25) is 0 Å². The van der Waals surface area contributed by atoms with Crippen molar-refractivity contribution in [3.63, 3.8) is 0 Å². The maximum atomic E-state index is 5.75. The largest absolute Gasteiger partial charge is 0.399 e. The van der Waals surface area contributed by atoms with Crippen molar-refractivity contribution in [1.82, 2.24) is 9.97 Å². The Bertz CT molecular complexity index is 675. The lowest BCUT2D eigenvalue weighted by atomic mass is 9.81. The number of nitrogens with zero attached hydrogens (tertiary/aromatic N) is 1. The van der Waals surface area contributed by atoms with Crippen LogP contribution in [0.2, 0.25) is 0 Å². The zero-order chi connectivity index (χ0) is 13.5. The van der Waals surface area contributed by atoms with E-state index >= 15 is 0 Å². The lowest BCUT2D eigenvalue weighted by Crippen LogP contribution is -2.19. The highest BCUT2D eigenvalue weighted by molar-refractivity contribution is 5.76. The minimum atomic E-state index is -0.103. The Morgan fingerprint density at radius 1 is 1.11 bits per heavy atom. The number of H-pyrrole nitrogens is 1. The molecule has 0 radical (unpaired) electrons. The molecule has 1 aromatic carbocycles. The van der Waals surface area contributed by atoms with Crippen molar-refractivity contribution in [2.24, 2.45) is 0 Å². The highest BCUT2D eigenvalue weighted by Gasteiger charge is 2.25. The van der Waals surface area contributed by atoms with E-state index in [9.17, 15) is 0 Å². The van der Waals surface area contributed by atoms with E-state index in [4.69, 9.17) is 5.73 Å². The van der Waals surface area contributed by atoms with Gasteiger partial charge < -0.3 is 10.7 Å². The highest BCUT2D eigenvalue weighted by atomic mass is 14.9. The molecule has 0 saturated carbocycles. The van der Waals surface area contributed by atoms with Gasteiger partial charge >= 0.3 is 0 Å². The second-order valence-corrected chi connectivity index (χ2v) is 5.37. The normalized spacial score (nSPS) is 11.9. The average Bonchev–Trinajstić information content (AvgIpc) is 2.83. The van der Waals surface area contributed by atoms with Crippen LogP contribution in [0.5, 0.6) is 0 Å². The molecule has 0 amide bonds. The van der Waals surface area contributed by atoms with Gasteiger partial charge in [0, 0.05) is 28.4 Å². The first-order valence-corrected chi connectivity index (χ1v) is 6.37. The molecule has 0 atom stereocenters. The summed E-state index contributed by atoms with van der Waals surface area (Å²) in [6.45, 7) is 4.40. The van der Waals surface area contributed by atoms with Crippen LogP contribution in [0.25, 0.3) is 11.0 Å². The van der Waals surface area contributed by atoms with Gasteiger partial charge in [-0.15, -0.1) is 0 Å². The van der Waals surface area contributed by atoms with E-state index in [2.05, 4.69) is 48.1 Å². The van der Waals surface area contributed by atoms with Crippen LogP contribution >= 0.6 is 0 Å². The molecule has 2 aromatic heterocycles. The molecule has 0 unspecified atom stereocenters. The zero-order valence-corrected chi connectivity index (χ0v) is 11.1. The predicted molar refractivity (Wildman–Crippen MR) is 79.1 cm³/mol. The fourth-order valence-electron chi connectivity index (χ4n) is 2.35. The van der Waals surface area contributed by atoms with Crippen molar-refractivity contribution in [1.29, 1.82) is 0 Å². The van der Waals surface area contributed by atoms with E-state index in [1.165, 1.54) is 5.56 Å². The fourth-order valence-corrected chi connectivity index (χ4v) is 2.35. The van der Waals surface area contributed by atoms with Crippen LogP contribution in [0, 0.1) is 0 Å². The van der Waals surface area contributed by atoms with E-state index in [0.29, 0.717) is 0 Å². The van der Waals surface area contributed by atoms with Gasteiger partial charge in [0.1, 0.15) is 5.65 Å². The number of anilines is 1. The van der Waals surface area contributed by atoms with Gasteiger partial charge in [-0.1, -0.05) is 26.0 Å². The summed E-state index contributed by atoms with van der Waals surface area (Å²) < 4.78 is 0. The third-order valence-corrected chi connectivity index (χ3v) is 3.70. The SMILES string of the molecule is CC(C)(c1ccc(N)cc1)c1cc2cccnc2[nH]1. The van der Waals surface area contributed by atoms with Crippen LogP contribution in [0.4, 0.5) is 5.69 Å². The van der Waals surface area contributed by atoms with Gasteiger partial charge in [0.25, 0.3) is 0 Å². The minimum Gasteiger partial charge on any atom is -0.399 e. The summed E-state index contributed by atoms with van der Waals surface area (Å²) in [6.07, 6.45) is 1.80. The maximum absolute atomic E-state index is 5.75. The van der Waals surface area contributed by atoms with E-state index in [1.54, 1.807) is 6.20 Å².